The van der Waals surface area contributed by atoms with Crippen molar-refractivity contribution < 1.29 is 13.6 Å². The van der Waals surface area contributed by atoms with Gasteiger partial charge >= 0.3 is 0 Å². The SMILES string of the molecule is Cn1cncc1N(c1ccc(-c2cc(NC(=O)C3CC3)nc3[nH]ccc23)cc1)S(=O)O. The molecule has 0 aliphatic heterocycles. The van der Waals surface area contributed by atoms with Crippen LogP contribution in [0, 0.1) is 5.92 Å². The minimum Gasteiger partial charge on any atom is -0.346 e. The fourth-order valence-electron chi connectivity index (χ4n) is 3.54. The molecule has 1 aliphatic rings. The van der Waals surface area contributed by atoms with Crippen LogP contribution >= 0.6 is 0 Å². The number of H-pyrrole nitrogens is 1. The van der Waals surface area contributed by atoms with E-state index in [4.69, 9.17) is 0 Å². The van der Waals surface area contributed by atoms with Gasteiger partial charge in [-0.05, 0) is 48.2 Å². The molecular weight excluding hydrogens is 416 g/mol. The number of imidazole rings is 1. The van der Waals surface area contributed by atoms with E-state index in [1.54, 1.807) is 36.3 Å². The number of pyridine rings is 1. The van der Waals surface area contributed by atoms with Crippen LogP contribution in [-0.4, -0.2) is 34.2 Å². The smallest absolute Gasteiger partial charge is 0.267 e. The fourth-order valence-corrected chi connectivity index (χ4v) is 4.18. The van der Waals surface area contributed by atoms with Crippen LogP contribution in [0.25, 0.3) is 22.2 Å². The van der Waals surface area contributed by atoms with Gasteiger partial charge < -0.3 is 14.9 Å². The number of aromatic amines is 1. The summed E-state index contributed by atoms with van der Waals surface area (Å²) >= 11 is -2.26. The monoisotopic (exact) mass is 436 g/mol. The lowest BCUT2D eigenvalue weighted by Crippen LogP contribution is -2.21. The molecule has 1 saturated carbocycles. The molecule has 1 fully saturated rings. The largest absolute Gasteiger partial charge is 0.346 e. The number of fused-ring (bicyclic) bond motifs is 1. The Hall–Kier alpha value is -3.50. The summed E-state index contributed by atoms with van der Waals surface area (Å²) in [4.78, 5) is 23.8. The van der Waals surface area contributed by atoms with Gasteiger partial charge in [-0.1, -0.05) is 12.1 Å². The first kappa shape index (κ1) is 19.5. The zero-order valence-corrected chi connectivity index (χ0v) is 17.5. The summed E-state index contributed by atoms with van der Waals surface area (Å²) < 4.78 is 24.8. The number of hydrogen-bond donors (Lipinski definition) is 3. The van der Waals surface area contributed by atoms with Crippen molar-refractivity contribution in [3.63, 3.8) is 0 Å². The Balaban J connectivity index is 1.51. The second kappa shape index (κ2) is 7.64. The molecule has 5 rings (SSSR count). The molecule has 0 saturated heterocycles. The maximum atomic E-state index is 12.2. The van der Waals surface area contributed by atoms with Gasteiger partial charge in [0, 0.05) is 24.5 Å². The van der Waals surface area contributed by atoms with Crippen LogP contribution in [0.4, 0.5) is 17.3 Å². The van der Waals surface area contributed by atoms with Crippen molar-refractivity contribution in [1.82, 2.24) is 19.5 Å². The van der Waals surface area contributed by atoms with Gasteiger partial charge in [-0.25, -0.2) is 18.5 Å². The number of nitrogens with one attached hydrogen (secondary N) is 2. The molecule has 3 heterocycles. The van der Waals surface area contributed by atoms with E-state index in [0.717, 1.165) is 29.4 Å². The minimum absolute atomic E-state index is 0.00283. The zero-order chi connectivity index (χ0) is 21.5. The highest BCUT2D eigenvalue weighted by Crippen LogP contribution is 2.34. The predicted molar refractivity (Wildman–Crippen MR) is 119 cm³/mol. The van der Waals surface area contributed by atoms with E-state index in [2.05, 4.69) is 20.3 Å². The molecule has 1 atom stereocenters. The number of benzene rings is 1. The van der Waals surface area contributed by atoms with Gasteiger partial charge in [-0.2, -0.15) is 0 Å². The van der Waals surface area contributed by atoms with Crippen molar-refractivity contribution >= 4 is 45.5 Å². The van der Waals surface area contributed by atoms with Crippen molar-refractivity contribution in [3.8, 4) is 11.1 Å². The Morgan fingerprint density at radius 1 is 1.29 bits per heavy atom. The molecule has 0 spiro atoms. The third kappa shape index (κ3) is 3.71. The van der Waals surface area contributed by atoms with Crippen LogP contribution in [0.1, 0.15) is 12.8 Å². The molecule has 158 valence electrons. The lowest BCUT2D eigenvalue weighted by atomic mass is 10.0. The van der Waals surface area contributed by atoms with Crippen molar-refractivity contribution in [1.29, 1.82) is 0 Å². The van der Waals surface area contributed by atoms with Crippen molar-refractivity contribution in [3.05, 3.63) is 55.1 Å². The number of anilines is 3. The maximum absolute atomic E-state index is 12.2. The molecule has 1 amide bonds. The average molecular weight is 436 g/mol. The second-order valence-corrected chi connectivity index (χ2v) is 8.32. The predicted octanol–water partition coefficient (Wildman–Crippen LogP) is 3.59. The zero-order valence-electron chi connectivity index (χ0n) is 16.6. The van der Waals surface area contributed by atoms with E-state index in [0.29, 0.717) is 23.0 Å². The van der Waals surface area contributed by atoms with Gasteiger partial charge in [-0.15, -0.1) is 0 Å². The van der Waals surface area contributed by atoms with Crippen molar-refractivity contribution in [2.24, 2.45) is 13.0 Å². The summed E-state index contributed by atoms with van der Waals surface area (Å²) in [7, 11) is 1.76. The van der Waals surface area contributed by atoms with Crippen LogP contribution in [0.5, 0.6) is 0 Å². The van der Waals surface area contributed by atoms with Gasteiger partial charge in [-0.3, -0.25) is 9.35 Å². The molecule has 10 heteroatoms. The van der Waals surface area contributed by atoms with Gasteiger partial charge in [0.25, 0.3) is 11.3 Å². The second-order valence-electron chi connectivity index (χ2n) is 7.49. The molecule has 9 nitrogen and oxygen atoms in total. The van der Waals surface area contributed by atoms with E-state index >= 15 is 0 Å². The van der Waals surface area contributed by atoms with E-state index < -0.39 is 11.3 Å². The molecule has 1 aromatic carbocycles. The number of aryl methyl sites for hydroxylation is 1. The number of carbonyl (C=O) groups is 1. The Morgan fingerprint density at radius 2 is 2.06 bits per heavy atom. The van der Waals surface area contributed by atoms with Gasteiger partial charge in [0.1, 0.15) is 17.3 Å². The summed E-state index contributed by atoms with van der Waals surface area (Å²) in [6, 6.07) is 11.1. The van der Waals surface area contributed by atoms with Crippen LogP contribution in [-0.2, 0) is 23.1 Å². The van der Waals surface area contributed by atoms with Crippen LogP contribution in [0.2, 0.25) is 0 Å². The lowest BCUT2D eigenvalue weighted by Gasteiger charge is -2.20. The van der Waals surface area contributed by atoms with E-state index in [1.807, 2.05) is 24.3 Å². The maximum Gasteiger partial charge on any atom is 0.267 e. The first-order valence-electron chi connectivity index (χ1n) is 9.78. The standard InChI is InChI=1S/C21H20N6O3S/c1-26-12-22-11-19(26)27(31(29)30)15-6-4-13(5-7-15)17-10-18(25-21(28)14-2-3-14)24-20-16(17)8-9-23-20/h4-12,14H,2-3H2,1H3,(H,29,30)(H2,23,24,25,28). The highest BCUT2D eigenvalue weighted by Gasteiger charge is 2.30. The van der Waals surface area contributed by atoms with Crippen LogP contribution < -0.4 is 9.62 Å². The van der Waals surface area contributed by atoms with Gasteiger partial charge in [0.2, 0.25) is 5.91 Å². The Labute approximate surface area is 180 Å². The summed E-state index contributed by atoms with van der Waals surface area (Å²) in [5.41, 5.74) is 3.03. The van der Waals surface area contributed by atoms with Crippen LogP contribution in [0.15, 0.2) is 55.1 Å². The third-order valence-electron chi connectivity index (χ3n) is 5.30. The Kier molecular flexibility index (Phi) is 4.79. The number of carbonyl (C=O) groups excluding carboxylic acids is 1. The summed E-state index contributed by atoms with van der Waals surface area (Å²) in [5.74, 6) is 1.08. The number of nitrogens with zero attached hydrogens (tertiary/aromatic N) is 4. The fraction of sp³-hybridized carbons (Fsp3) is 0.190. The Bertz CT molecular complexity index is 1290. The number of rotatable bonds is 6. The first-order chi connectivity index (χ1) is 15.0. The highest BCUT2D eigenvalue weighted by atomic mass is 32.2. The molecule has 3 aromatic heterocycles. The molecule has 1 aliphatic carbocycles. The number of amides is 1. The molecule has 0 bridgehead atoms. The molecule has 3 N–H and O–H groups in total. The highest BCUT2D eigenvalue weighted by molar-refractivity contribution is 7.81. The first-order valence-corrected chi connectivity index (χ1v) is 10.8. The van der Waals surface area contributed by atoms with E-state index in [1.165, 1.54) is 10.5 Å². The third-order valence-corrected chi connectivity index (χ3v) is 6.01. The summed E-state index contributed by atoms with van der Waals surface area (Å²) in [6.07, 6.45) is 6.75. The summed E-state index contributed by atoms with van der Waals surface area (Å²) in [6.45, 7) is 0. The molecule has 31 heavy (non-hydrogen) atoms. The molecule has 0 radical (unpaired) electrons. The van der Waals surface area contributed by atoms with E-state index in [-0.39, 0.29) is 11.8 Å². The molecule has 1 unspecified atom stereocenters. The lowest BCUT2D eigenvalue weighted by molar-refractivity contribution is -0.117. The normalized spacial score (nSPS) is 14.5. The Morgan fingerprint density at radius 3 is 2.71 bits per heavy atom. The van der Waals surface area contributed by atoms with Gasteiger partial charge in [0.05, 0.1) is 18.2 Å². The number of aromatic nitrogens is 4. The quantitative estimate of drug-likeness (QED) is 0.400. The van der Waals surface area contributed by atoms with Crippen LogP contribution in [0.3, 0.4) is 0 Å². The molecular formula is C21H20N6O3S. The molecule has 4 aromatic rings. The average Bonchev–Trinajstić information content (AvgIpc) is 3.37. The minimum atomic E-state index is -2.26. The number of hydrogen-bond acceptors (Lipinski definition) is 4. The van der Waals surface area contributed by atoms with Crippen molar-refractivity contribution in [2.75, 3.05) is 9.62 Å². The topological polar surface area (TPSA) is 116 Å². The van der Waals surface area contributed by atoms with Crippen molar-refractivity contribution in [2.45, 2.75) is 12.8 Å². The van der Waals surface area contributed by atoms with Gasteiger partial charge in [0.15, 0.2) is 0 Å². The van der Waals surface area contributed by atoms with E-state index in [9.17, 15) is 13.6 Å². The summed E-state index contributed by atoms with van der Waals surface area (Å²) in [5, 5.41) is 3.83.